The van der Waals surface area contributed by atoms with Crippen LogP contribution in [0.15, 0.2) is 27.4 Å². The molecular formula is C43H66N8O17S. The number of amides is 5. The molecule has 69 heavy (non-hydrogen) atoms. The number of nitrogens with one attached hydrogen (secondary N) is 4. The van der Waals surface area contributed by atoms with E-state index in [9.17, 15) is 53.4 Å². The molecule has 5 amide bonds. The van der Waals surface area contributed by atoms with Crippen LogP contribution in [-0.2, 0) is 59.0 Å². The van der Waals surface area contributed by atoms with Crippen LogP contribution in [0.25, 0.3) is 11.0 Å². The number of imide groups is 1. The largest absolute Gasteiger partial charge is 0.480 e. The molecule has 8 N–H and O–H groups in total. The van der Waals surface area contributed by atoms with Gasteiger partial charge in [0.05, 0.1) is 50.5 Å². The molecule has 0 radical (unpaired) electrons. The van der Waals surface area contributed by atoms with Gasteiger partial charge in [0.25, 0.3) is 0 Å². The molecule has 386 valence electrons. The van der Waals surface area contributed by atoms with E-state index in [2.05, 4.69) is 26.0 Å². The van der Waals surface area contributed by atoms with Crippen molar-refractivity contribution in [2.75, 3.05) is 125 Å². The molecular weight excluding hydrogens is 933 g/mol. The zero-order valence-corrected chi connectivity index (χ0v) is 40.6. The quantitative estimate of drug-likeness (QED) is 0.0127. The summed E-state index contributed by atoms with van der Waals surface area (Å²) >= 11 is 1.23. The van der Waals surface area contributed by atoms with Crippen LogP contribution in [0.5, 0.6) is 0 Å². The van der Waals surface area contributed by atoms with Crippen LogP contribution in [0.3, 0.4) is 0 Å². The summed E-state index contributed by atoms with van der Waals surface area (Å²) in [4.78, 5) is 116. The maximum atomic E-state index is 13.2. The minimum Gasteiger partial charge on any atom is -0.480 e. The van der Waals surface area contributed by atoms with Gasteiger partial charge >= 0.3 is 23.5 Å². The van der Waals surface area contributed by atoms with Gasteiger partial charge in [-0.05, 0) is 31.5 Å². The van der Waals surface area contributed by atoms with Gasteiger partial charge in [0.1, 0.15) is 5.58 Å². The van der Waals surface area contributed by atoms with Gasteiger partial charge in [-0.3, -0.25) is 58.0 Å². The van der Waals surface area contributed by atoms with Crippen molar-refractivity contribution < 1.29 is 77.4 Å². The van der Waals surface area contributed by atoms with E-state index < -0.39 is 59.7 Å². The van der Waals surface area contributed by atoms with Crippen molar-refractivity contribution in [3.8, 4) is 0 Å². The first-order chi connectivity index (χ1) is 32.7. The van der Waals surface area contributed by atoms with Crippen LogP contribution in [0, 0.1) is 6.92 Å². The average Bonchev–Trinajstić information content (AvgIpc) is 3.56. The first kappa shape index (κ1) is 59.5. The van der Waals surface area contributed by atoms with Crippen molar-refractivity contribution in [2.45, 2.75) is 50.9 Å². The van der Waals surface area contributed by atoms with Gasteiger partial charge in [-0.1, -0.05) is 0 Å². The van der Waals surface area contributed by atoms with Gasteiger partial charge in [0, 0.05) is 116 Å². The summed E-state index contributed by atoms with van der Waals surface area (Å²) in [6.07, 6.45) is -1.95. The van der Waals surface area contributed by atoms with Crippen LogP contribution in [0.1, 0.15) is 30.9 Å². The number of hydrogen-bond acceptors (Lipinski definition) is 20. The van der Waals surface area contributed by atoms with Gasteiger partial charge in [-0.25, -0.2) is 4.79 Å². The first-order valence-corrected chi connectivity index (χ1v) is 22.9. The van der Waals surface area contributed by atoms with E-state index in [0.717, 1.165) is 4.90 Å². The number of aliphatic hydroxyl groups is 2. The highest BCUT2D eigenvalue weighted by atomic mass is 32.2. The lowest BCUT2D eigenvalue weighted by molar-refractivity contribution is -0.142. The predicted octanol–water partition coefficient (Wildman–Crippen LogP) is -2.53. The lowest BCUT2D eigenvalue weighted by Crippen LogP contribution is -2.47. The zero-order chi connectivity index (χ0) is 51.6. The Balaban J connectivity index is 0.00000309. The highest BCUT2D eigenvalue weighted by molar-refractivity contribution is 8.00. The Labute approximate surface area is 403 Å². The number of carboxylic acid groups (broad SMARTS) is 2. The topological polar surface area (TPSA) is 336 Å². The van der Waals surface area contributed by atoms with Crippen molar-refractivity contribution in [3.63, 3.8) is 0 Å². The highest BCUT2D eigenvalue weighted by Gasteiger charge is 2.38. The lowest BCUT2D eigenvalue weighted by Gasteiger charge is -2.30. The smallest absolute Gasteiger partial charge is 0.340 e. The number of carbonyl (C=O) groups excluding carboxylic acids is 6. The summed E-state index contributed by atoms with van der Waals surface area (Å²) in [6, 6.07) is 4.57. The Morgan fingerprint density at radius 2 is 1.54 bits per heavy atom. The van der Waals surface area contributed by atoms with Crippen molar-refractivity contribution in [2.24, 2.45) is 0 Å². The maximum Gasteiger partial charge on any atom is 0.340 e. The van der Waals surface area contributed by atoms with Gasteiger partial charge in [0.2, 0.25) is 29.5 Å². The summed E-state index contributed by atoms with van der Waals surface area (Å²) in [5, 5.41) is 47.3. The third-order valence-corrected chi connectivity index (χ3v) is 11.6. The second kappa shape index (κ2) is 31.5. The fraction of sp³-hybridized carbons (Fsp3) is 0.605. The maximum absolute atomic E-state index is 13.2. The number of aryl methyl sites for hydroxylation is 1. The molecule has 1 aliphatic rings. The molecule has 3 unspecified atom stereocenters. The van der Waals surface area contributed by atoms with Crippen molar-refractivity contribution in [3.05, 3.63) is 39.7 Å². The number of likely N-dealkylation sites (tertiary alicyclic amines) is 1. The molecule has 25 nitrogen and oxygen atoms in total. The Morgan fingerprint density at radius 3 is 2.14 bits per heavy atom. The van der Waals surface area contributed by atoms with Crippen molar-refractivity contribution in [1.29, 1.82) is 0 Å². The molecule has 0 aliphatic carbocycles. The predicted molar refractivity (Wildman–Crippen MR) is 250 cm³/mol. The molecule has 2 aromatic rings. The highest BCUT2D eigenvalue weighted by Crippen LogP contribution is 2.26. The van der Waals surface area contributed by atoms with Crippen molar-refractivity contribution >= 4 is 75.9 Å². The minimum atomic E-state index is -1.20. The van der Waals surface area contributed by atoms with Crippen LogP contribution in [0.4, 0.5) is 5.69 Å². The average molecular weight is 999 g/mol. The number of fused-ring (bicyclic) bond motifs is 1. The number of nitrogens with zero attached hydrogens (tertiary/aromatic N) is 4. The normalized spacial score (nSPS) is 14.4. The second-order valence-electron chi connectivity index (χ2n) is 15.5. The van der Waals surface area contributed by atoms with Crippen LogP contribution >= 0.6 is 11.8 Å². The number of anilines is 1. The Kier molecular flexibility index (Phi) is 27.2. The number of aliphatic carboxylic acids is 2. The number of esters is 1. The number of methoxy groups -OCH3 is 3. The summed E-state index contributed by atoms with van der Waals surface area (Å²) in [5.41, 5.74) is 0.117. The van der Waals surface area contributed by atoms with Gasteiger partial charge < -0.3 is 60.3 Å². The van der Waals surface area contributed by atoms with Crippen molar-refractivity contribution in [1.82, 2.24) is 35.6 Å². The van der Waals surface area contributed by atoms with Crippen LogP contribution in [0.2, 0.25) is 0 Å². The van der Waals surface area contributed by atoms with E-state index in [-0.39, 0.29) is 126 Å². The molecule has 1 aliphatic heterocycles. The van der Waals surface area contributed by atoms with E-state index in [1.807, 2.05) is 0 Å². The fourth-order valence-corrected chi connectivity index (χ4v) is 7.68. The van der Waals surface area contributed by atoms with Gasteiger partial charge in [0.15, 0.2) is 12.6 Å². The summed E-state index contributed by atoms with van der Waals surface area (Å²) < 4.78 is 19.6. The molecule has 1 aromatic heterocycles. The monoisotopic (exact) mass is 998 g/mol. The number of hydrogen-bond donors (Lipinski definition) is 8. The molecule has 2 heterocycles. The Morgan fingerprint density at radius 1 is 0.870 bits per heavy atom. The third kappa shape index (κ3) is 22.6. The molecule has 1 fully saturated rings. The van der Waals surface area contributed by atoms with Gasteiger partial charge in [-0.2, -0.15) is 0 Å². The molecule has 3 rings (SSSR count). The van der Waals surface area contributed by atoms with Crippen LogP contribution in [-0.4, -0.2) is 225 Å². The number of carboxylic acids is 2. The number of rotatable bonds is 31. The second-order valence-corrected chi connectivity index (χ2v) is 16.8. The van der Waals surface area contributed by atoms with Gasteiger partial charge in [-0.15, -0.1) is 11.8 Å². The fourth-order valence-electron chi connectivity index (χ4n) is 6.56. The standard InChI is InChI=1S/C40H58N8O15S.C3H8O2/c1-25-27-6-5-26(17-29(27)63-40(60)28(25)18-32(50)43-9-11-48-34(52)19-30(39(48)59)64-16-7-31(49)41-2)44-33(51)21-47(22-36(55)56)15-14-46(24-38(58)62-4)13-12-45(23-37(57)61-3)10-8-42-20-35(53)54;1-3(4)5-2/h5-6,17,30,38,42,58H,7-16,18-24H2,1-4H3,(H,41,49)(H,43,50)(H,44,51)(H,53,54)(H,55,56);3-4H,1-2H3. The number of ether oxygens (including phenoxy) is 3. The summed E-state index contributed by atoms with van der Waals surface area (Å²) in [7, 11) is 5.51. The molecule has 1 aromatic carbocycles. The summed E-state index contributed by atoms with van der Waals surface area (Å²) in [6.45, 7) is 3.22. The van der Waals surface area contributed by atoms with E-state index >= 15 is 0 Å². The number of benzene rings is 1. The zero-order valence-electron chi connectivity index (χ0n) is 39.8. The van der Waals surface area contributed by atoms with E-state index in [1.54, 1.807) is 35.8 Å². The number of aliphatic hydroxyl groups excluding tert-OH is 2. The third-order valence-electron chi connectivity index (χ3n) is 10.4. The van der Waals surface area contributed by atoms with E-state index in [0.29, 0.717) is 23.2 Å². The van der Waals surface area contributed by atoms with E-state index in [4.69, 9.17) is 24.1 Å². The molecule has 1 saturated heterocycles. The summed E-state index contributed by atoms with van der Waals surface area (Å²) in [5.74, 6) is -4.43. The number of thioether (sulfide) groups is 1. The minimum absolute atomic E-state index is 0.00115. The van der Waals surface area contributed by atoms with E-state index in [1.165, 1.54) is 51.1 Å². The first-order valence-electron chi connectivity index (χ1n) is 21.8. The molecule has 3 atom stereocenters. The lowest BCUT2D eigenvalue weighted by atomic mass is 10.0. The molecule has 0 bridgehead atoms. The Bertz CT molecular complexity index is 2110. The van der Waals surface area contributed by atoms with Crippen LogP contribution < -0.4 is 26.9 Å². The molecule has 26 heteroatoms. The number of carbonyl (C=O) groups is 8. The molecule has 0 saturated carbocycles. The molecule has 0 spiro atoms. The Hall–Kier alpha value is -5.58. The SMILES string of the molecule is CNC(=O)CCSC1CC(=O)N(CCNC(=O)Cc2c(C)c3ccc(NC(=O)CN(CCN(CCN(CCNCC(=O)O)CC(=O)OC)CC(O)OC)CC(=O)O)cc3oc2=O)C1=O.COC(C)O.